The third-order valence-electron chi connectivity index (χ3n) is 5.41. The second-order valence-electron chi connectivity index (χ2n) is 7.49. The molecule has 0 aliphatic heterocycles. The van der Waals surface area contributed by atoms with Crippen molar-refractivity contribution in [2.45, 2.75) is 33.7 Å². The van der Waals surface area contributed by atoms with Gasteiger partial charge in [0.15, 0.2) is 5.65 Å². The summed E-state index contributed by atoms with van der Waals surface area (Å²) in [5, 5.41) is 16.5. The number of hydrogen-bond donors (Lipinski definition) is 2. The monoisotopic (exact) mass is 399 g/mol. The number of pyridine rings is 1. The summed E-state index contributed by atoms with van der Waals surface area (Å²) in [5.41, 5.74) is 6.45. The zero-order chi connectivity index (χ0) is 20.8. The van der Waals surface area contributed by atoms with Crippen molar-refractivity contribution in [2.24, 2.45) is 0 Å². The zero-order valence-electron chi connectivity index (χ0n) is 17.2. The van der Waals surface area contributed by atoms with Crippen molar-refractivity contribution in [3.8, 4) is 11.3 Å². The molecule has 4 aromatic heterocycles. The van der Waals surface area contributed by atoms with Crippen LogP contribution in [0.3, 0.4) is 0 Å². The molecule has 8 heteroatoms. The highest BCUT2D eigenvalue weighted by Gasteiger charge is 2.22. The Morgan fingerprint density at radius 1 is 1.13 bits per heavy atom. The first-order chi connectivity index (χ1) is 14.5. The fourth-order valence-electron chi connectivity index (χ4n) is 3.88. The molecule has 0 spiro atoms. The van der Waals surface area contributed by atoms with Crippen molar-refractivity contribution >= 4 is 27.8 Å². The molecule has 4 heterocycles. The van der Waals surface area contributed by atoms with Gasteiger partial charge >= 0.3 is 0 Å². The van der Waals surface area contributed by atoms with Crippen molar-refractivity contribution in [1.29, 1.82) is 0 Å². The minimum atomic E-state index is -0.0842. The van der Waals surface area contributed by atoms with Crippen molar-refractivity contribution in [3.05, 3.63) is 59.4 Å². The second kappa shape index (κ2) is 6.91. The van der Waals surface area contributed by atoms with E-state index >= 15 is 0 Å². The Kier molecular flexibility index (Phi) is 4.20. The van der Waals surface area contributed by atoms with E-state index < -0.39 is 0 Å². The van der Waals surface area contributed by atoms with E-state index in [4.69, 9.17) is 9.51 Å². The van der Waals surface area contributed by atoms with Crippen LogP contribution in [-0.4, -0.2) is 30.3 Å². The first-order valence-electron chi connectivity index (χ1n) is 9.77. The highest BCUT2D eigenvalue weighted by Crippen LogP contribution is 2.35. The normalized spacial score (nSPS) is 12.5. The highest BCUT2D eigenvalue weighted by molar-refractivity contribution is 5.88. The van der Waals surface area contributed by atoms with Crippen molar-refractivity contribution in [1.82, 2.24) is 30.3 Å². The summed E-state index contributed by atoms with van der Waals surface area (Å²) in [7, 11) is 0. The van der Waals surface area contributed by atoms with Gasteiger partial charge in [0, 0.05) is 10.9 Å². The summed E-state index contributed by atoms with van der Waals surface area (Å²) in [5.74, 6) is 1.47. The molecule has 0 saturated heterocycles. The van der Waals surface area contributed by atoms with E-state index in [9.17, 15) is 0 Å². The second-order valence-corrected chi connectivity index (χ2v) is 7.49. The van der Waals surface area contributed by atoms with Crippen LogP contribution in [0.2, 0.25) is 0 Å². The Morgan fingerprint density at radius 2 is 2.00 bits per heavy atom. The SMILES string of the molecule is Cc1noc(C)c1-c1nc2c(C)cccc2cc1[C@H](C)Nc1ncnc2[nH]ncc12. The first kappa shape index (κ1) is 18.2. The number of fused-ring (bicyclic) bond motifs is 2. The summed E-state index contributed by atoms with van der Waals surface area (Å²) < 4.78 is 5.45. The Hall–Kier alpha value is -3.81. The molecule has 150 valence electrons. The van der Waals surface area contributed by atoms with Gasteiger partial charge in [-0.1, -0.05) is 23.4 Å². The van der Waals surface area contributed by atoms with Crippen LogP contribution in [0.15, 0.2) is 41.3 Å². The lowest BCUT2D eigenvalue weighted by Crippen LogP contribution is -2.11. The molecule has 0 unspecified atom stereocenters. The molecule has 30 heavy (non-hydrogen) atoms. The average molecular weight is 399 g/mol. The minimum absolute atomic E-state index is 0.0842. The quantitative estimate of drug-likeness (QED) is 0.453. The number of H-pyrrole nitrogens is 1. The fraction of sp³-hybridized carbons (Fsp3) is 0.227. The van der Waals surface area contributed by atoms with E-state index in [-0.39, 0.29) is 6.04 Å². The van der Waals surface area contributed by atoms with Gasteiger partial charge in [-0.2, -0.15) is 5.10 Å². The van der Waals surface area contributed by atoms with Gasteiger partial charge in [0.2, 0.25) is 0 Å². The maximum absolute atomic E-state index is 5.45. The lowest BCUT2D eigenvalue weighted by atomic mass is 9.96. The Balaban J connectivity index is 1.69. The molecule has 0 fully saturated rings. The van der Waals surface area contributed by atoms with Crippen molar-refractivity contribution in [2.75, 3.05) is 5.32 Å². The number of para-hydroxylation sites is 1. The van der Waals surface area contributed by atoms with Gasteiger partial charge in [-0.3, -0.25) is 5.10 Å². The Labute approximate surface area is 172 Å². The molecule has 8 nitrogen and oxygen atoms in total. The summed E-state index contributed by atoms with van der Waals surface area (Å²) >= 11 is 0. The van der Waals surface area contributed by atoms with E-state index in [2.05, 4.69) is 68.8 Å². The van der Waals surface area contributed by atoms with E-state index in [1.807, 2.05) is 13.8 Å². The first-order valence-corrected chi connectivity index (χ1v) is 9.77. The Bertz CT molecular complexity index is 1370. The summed E-state index contributed by atoms with van der Waals surface area (Å²) in [4.78, 5) is 13.7. The predicted molar refractivity (Wildman–Crippen MR) is 115 cm³/mol. The topological polar surface area (TPSA) is 105 Å². The summed E-state index contributed by atoms with van der Waals surface area (Å²) in [6.45, 7) is 8.02. The van der Waals surface area contributed by atoms with Gasteiger partial charge in [-0.25, -0.2) is 15.0 Å². The fourth-order valence-corrected chi connectivity index (χ4v) is 3.88. The molecule has 0 amide bonds. The maximum atomic E-state index is 5.45. The van der Waals surface area contributed by atoms with Crippen LogP contribution in [0.25, 0.3) is 33.2 Å². The number of aromatic nitrogens is 6. The van der Waals surface area contributed by atoms with Crippen molar-refractivity contribution < 1.29 is 4.52 Å². The molecule has 0 saturated carbocycles. The van der Waals surface area contributed by atoms with E-state index in [1.54, 1.807) is 6.20 Å². The van der Waals surface area contributed by atoms with Crippen molar-refractivity contribution in [3.63, 3.8) is 0 Å². The molecular weight excluding hydrogens is 378 g/mol. The number of rotatable bonds is 4. The van der Waals surface area contributed by atoms with E-state index in [0.29, 0.717) is 5.65 Å². The largest absolute Gasteiger partial charge is 0.363 e. The number of anilines is 1. The van der Waals surface area contributed by atoms with Gasteiger partial charge in [-0.15, -0.1) is 0 Å². The van der Waals surface area contributed by atoms with Crippen LogP contribution in [0.4, 0.5) is 5.82 Å². The van der Waals surface area contributed by atoms with Gasteiger partial charge < -0.3 is 9.84 Å². The predicted octanol–water partition coefficient (Wildman–Crippen LogP) is 4.65. The highest BCUT2D eigenvalue weighted by atomic mass is 16.5. The third-order valence-corrected chi connectivity index (χ3v) is 5.41. The number of hydrogen-bond acceptors (Lipinski definition) is 7. The van der Waals surface area contributed by atoms with Crippen LogP contribution in [-0.2, 0) is 0 Å². The number of aryl methyl sites for hydroxylation is 3. The third kappa shape index (κ3) is 2.88. The molecule has 1 atom stereocenters. The summed E-state index contributed by atoms with van der Waals surface area (Å²) in [6, 6.07) is 8.31. The van der Waals surface area contributed by atoms with Crippen LogP contribution >= 0.6 is 0 Å². The van der Waals surface area contributed by atoms with E-state index in [0.717, 1.165) is 55.9 Å². The molecule has 5 rings (SSSR count). The maximum Gasteiger partial charge on any atom is 0.160 e. The molecule has 1 aromatic carbocycles. The van der Waals surface area contributed by atoms with Gasteiger partial charge in [0.25, 0.3) is 0 Å². The molecule has 0 aliphatic rings. The molecule has 0 bridgehead atoms. The van der Waals surface area contributed by atoms with Crippen LogP contribution in [0, 0.1) is 20.8 Å². The van der Waals surface area contributed by atoms with Crippen LogP contribution < -0.4 is 5.32 Å². The lowest BCUT2D eigenvalue weighted by Gasteiger charge is -2.19. The summed E-state index contributed by atoms with van der Waals surface area (Å²) in [6.07, 6.45) is 3.24. The molecule has 0 radical (unpaired) electrons. The molecule has 2 N–H and O–H groups in total. The van der Waals surface area contributed by atoms with Gasteiger partial charge in [-0.05, 0) is 39.3 Å². The standard InChI is InChI=1S/C22H21N7O/c1-11-6-5-7-15-8-16(20(27-19(11)15)18-13(3)29-30-14(18)4)12(2)26-21-17-9-25-28-22(17)24-10-23-21/h5-10,12H,1-4H3,(H2,23,24,25,26,28)/t12-/m0/s1. The zero-order valence-corrected chi connectivity index (χ0v) is 17.2. The number of benzene rings is 1. The van der Waals surface area contributed by atoms with Gasteiger partial charge in [0.05, 0.1) is 40.1 Å². The lowest BCUT2D eigenvalue weighted by molar-refractivity contribution is 0.393. The Morgan fingerprint density at radius 3 is 2.80 bits per heavy atom. The average Bonchev–Trinajstić information content (AvgIpc) is 3.34. The number of nitrogens with zero attached hydrogens (tertiary/aromatic N) is 5. The molecule has 0 aliphatic carbocycles. The van der Waals surface area contributed by atoms with E-state index in [1.165, 1.54) is 6.33 Å². The number of aromatic amines is 1. The molecular formula is C22H21N7O. The van der Waals surface area contributed by atoms with Crippen LogP contribution in [0.1, 0.15) is 35.5 Å². The van der Waals surface area contributed by atoms with Gasteiger partial charge in [0.1, 0.15) is 17.9 Å². The molecule has 5 aromatic rings. The number of nitrogens with one attached hydrogen (secondary N) is 2. The smallest absolute Gasteiger partial charge is 0.160 e. The van der Waals surface area contributed by atoms with Crippen LogP contribution in [0.5, 0.6) is 0 Å². The minimum Gasteiger partial charge on any atom is -0.363 e.